The first-order valence-electron chi connectivity index (χ1n) is 12.5. The SMILES string of the molecule is CC(C)(C)OC(=O)Nc1ccc(-c2cccc(C(F)(F)F)c2)cc1C(=O)N1CCN(C(=O)OC(C)(C)C)CC1. The van der Waals surface area contributed by atoms with E-state index in [-0.39, 0.29) is 43.0 Å². The van der Waals surface area contributed by atoms with Crippen molar-refractivity contribution in [1.82, 2.24) is 9.80 Å². The number of piperazine rings is 1. The second-order valence-corrected chi connectivity index (χ2v) is 11.2. The number of ether oxygens (including phenoxy) is 2. The van der Waals surface area contributed by atoms with Crippen LogP contribution in [0, 0.1) is 0 Å². The number of anilines is 1. The van der Waals surface area contributed by atoms with E-state index in [0.29, 0.717) is 5.56 Å². The zero-order valence-corrected chi connectivity index (χ0v) is 22.9. The van der Waals surface area contributed by atoms with Crippen molar-refractivity contribution in [3.63, 3.8) is 0 Å². The molecule has 1 saturated heterocycles. The minimum Gasteiger partial charge on any atom is -0.444 e. The Bertz CT molecular complexity index is 1220. The van der Waals surface area contributed by atoms with Crippen LogP contribution >= 0.6 is 0 Å². The Labute approximate surface area is 226 Å². The van der Waals surface area contributed by atoms with Crippen molar-refractivity contribution in [1.29, 1.82) is 0 Å². The summed E-state index contributed by atoms with van der Waals surface area (Å²) in [5.74, 6) is -0.446. The molecule has 39 heavy (non-hydrogen) atoms. The van der Waals surface area contributed by atoms with Crippen LogP contribution in [-0.4, -0.2) is 65.3 Å². The lowest BCUT2D eigenvalue weighted by Crippen LogP contribution is -2.51. The van der Waals surface area contributed by atoms with Crippen LogP contribution in [0.3, 0.4) is 0 Å². The highest BCUT2D eigenvalue weighted by Crippen LogP contribution is 2.33. The van der Waals surface area contributed by atoms with E-state index in [2.05, 4.69) is 5.32 Å². The Balaban J connectivity index is 1.90. The molecule has 0 spiro atoms. The van der Waals surface area contributed by atoms with Crippen LogP contribution in [0.2, 0.25) is 0 Å². The van der Waals surface area contributed by atoms with E-state index in [9.17, 15) is 27.6 Å². The molecule has 3 rings (SSSR count). The van der Waals surface area contributed by atoms with Gasteiger partial charge in [-0.1, -0.05) is 18.2 Å². The van der Waals surface area contributed by atoms with Crippen molar-refractivity contribution in [2.75, 3.05) is 31.5 Å². The molecule has 212 valence electrons. The Morgan fingerprint density at radius 3 is 1.90 bits per heavy atom. The molecule has 0 unspecified atom stereocenters. The average Bonchev–Trinajstić information content (AvgIpc) is 2.81. The van der Waals surface area contributed by atoms with Gasteiger partial charge in [0.2, 0.25) is 0 Å². The smallest absolute Gasteiger partial charge is 0.416 e. The predicted octanol–water partition coefficient (Wildman–Crippen LogP) is 6.41. The Hall–Kier alpha value is -3.76. The minimum absolute atomic E-state index is 0.0847. The molecule has 0 aliphatic carbocycles. The number of nitrogens with zero attached hydrogens (tertiary/aromatic N) is 2. The van der Waals surface area contributed by atoms with Gasteiger partial charge in [-0.2, -0.15) is 13.2 Å². The van der Waals surface area contributed by atoms with Crippen LogP contribution in [0.25, 0.3) is 11.1 Å². The fraction of sp³-hybridized carbons (Fsp3) is 0.464. The monoisotopic (exact) mass is 549 g/mol. The van der Waals surface area contributed by atoms with Crippen molar-refractivity contribution in [3.05, 3.63) is 53.6 Å². The lowest BCUT2D eigenvalue weighted by molar-refractivity contribution is -0.137. The van der Waals surface area contributed by atoms with Crippen molar-refractivity contribution in [2.45, 2.75) is 58.9 Å². The van der Waals surface area contributed by atoms with Crippen molar-refractivity contribution in [3.8, 4) is 11.1 Å². The van der Waals surface area contributed by atoms with E-state index >= 15 is 0 Å². The molecule has 0 radical (unpaired) electrons. The molecule has 1 fully saturated rings. The number of rotatable bonds is 3. The molecule has 0 bridgehead atoms. The van der Waals surface area contributed by atoms with Crippen LogP contribution in [0.5, 0.6) is 0 Å². The van der Waals surface area contributed by atoms with Crippen LogP contribution in [0.15, 0.2) is 42.5 Å². The lowest BCUT2D eigenvalue weighted by atomic mass is 9.99. The summed E-state index contributed by atoms with van der Waals surface area (Å²) >= 11 is 0. The first-order chi connectivity index (χ1) is 17.9. The first-order valence-corrected chi connectivity index (χ1v) is 12.5. The summed E-state index contributed by atoms with van der Waals surface area (Å²) in [6.07, 6.45) is -5.78. The third kappa shape index (κ3) is 8.36. The topological polar surface area (TPSA) is 88.2 Å². The van der Waals surface area contributed by atoms with Gasteiger partial charge in [-0.05, 0) is 76.9 Å². The number of hydrogen-bond acceptors (Lipinski definition) is 5. The van der Waals surface area contributed by atoms with Gasteiger partial charge in [0.15, 0.2) is 0 Å². The van der Waals surface area contributed by atoms with Gasteiger partial charge in [0, 0.05) is 26.2 Å². The third-order valence-corrected chi connectivity index (χ3v) is 5.63. The number of amides is 3. The highest BCUT2D eigenvalue weighted by atomic mass is 19.4. The van der Waals surface area contributed by atoms with Crippen molar-refractivity contribution < 1.29 is 37.0 Å². The van der Waals surface area contributed by atoms with Crippen molar-refractivity contribution >= 4 is 23.8 Å². The second-order valence-electron chi connectivity index (χ2n) is 11.2. The molecule has 1 aliphatic rings. The van der Waals surface area contributed by atoms with E-state index in [1.54, 1.807) is 41.5 Å². The van der Waals surface area contributed by atoms with Crippen LogP contribution < -0.4 is 5.32 Å². The van der Waals surface area contributed by atoms with Gasteiger partial charge in [0.05, 0.1) is 16.8 Å². The van der Waals surface area contributed by atoms with E-state index in [1.807, 2.05) is 0 Å². The molecule has 1 heterocycles. The summed E-state index contributed by atoms with van der Waals surface area (Å²) in [4.78, 5) is 41.5. The number of halogens is 3. The number of carbonyl (C=O) groups is 3. The summed E-state index contributed by atoms with van der Waals surface area (Å²) in [6, 6.07) is 9.22. The van der Waals surface area contributed by atoms with Gasteiger partial charge in [-0.3, -0.25) is 10.1 Å². The van der Waals surface area contributed by atoms with Gasteiger partial charge < -0.3 is 19.3 Å². The van der Waals surface area contributed by atoms with Crippen molar-refractivity contribution in [2.24, 2.45) is 0 Å². The highest BCUT2D eigenvalue weighted by Gasteiger charge is 2.32. The molecule has 1 aliphatic heterocycles. The molecule has 0 saturated carbocycles. The second kappa shape index (κ2) is 11.2. The minimum atomic E-state index is -4.53. The number of alkyl halides is 3. The third-order valence-electron chi connectivity index (χ3n) is 5.63. The summed E-state index contributed by atoms with van der Waals surface area (Å²) in [7, 11) is 0. The number of carbonyl (C=O) groups excluding carboxylic acids is 3. The first kappa shape index (κ1) is 29.8. The molecule has 2 aromatic carbocycles. The highest BCUT2D eigenvalue weighted by molar-refractivity contribution is 6.04. The van der Waals surface area contributed by atoms with Gasteiger partial charge in [-0.15, -0.1) is 0 Å². The quantitative estimate of drug-likeness (QED) is 0.478. The molecule has 11 heteroatoms. The summed E-state index contributed by atoms with van der Waals surface area (Å²) in [5, 5.41) is 2.58. The molecular weight excluding hydrogens is 515 g/mol. The van der Waals surface area contributed by atoms with Gasteiger partial charge in [-0.25, -0.2) is 9.59 Å². The summed E-state index contributed by atoms with van der Waals surface area (Å²) in [6.45, 7) is 11.3. The zero-order chi connectivity index (χ0) is 29.2. The maximum Gasteiger partial charge on any atom is 0.416 e. The molecule has 8 nitrogen and oxygen atoms in total. The number of hydrogen-bond donors (Lipinski definition) is 1. The lowest BCUT2D eigenvalue weighted by Gasteiger charge is -2.36. The van der Waals surface area contributed by atoms with Crippen LogP contribution in [-0.2, 0) is 15.7 Å². The number of nitrogens with one attached hydrogen (secondary N) is 1. The normalized spacial score (nSPS) is 14.6. The van der Waals surface area contributed by atoms with Gasteiger partial charge >= 0.3 is 18.4 Å². The standard InChI is InChI=1S/C28H34F3N3O5/c1-26(2,3)38-24(36)32-22-11-10-19(18-8-7-9-20(16-18)28(29,30)31)17-21(22)23(35)33-12-14-34(15-13-33)25(37)39-27(4,5)6/h7-11,16-17H,12-15H2,1-6H3,(H,32,36). The molecule has 0 aromatic heterocycles. The Kier molecular flexibility index (Phi) is 8.52. The largest absolute Gasteiger partial charge is 0.444 e. The zero-order valence-electron chi connectivity index (χ0n) is 22.9. The van der Waals surface area contributed by atoms with E-state index < -0.39 is 41.0 Å². The predicted molar refractivity (Wildman–Crippen MR) is 140 cm³/mol. The Morgan fingerprint density at radius 2 is 1.33 bits per heavy atom. The van der Waals surface area contributed by atoms with Crippen LogP contribution in [0.1, 0.15) is 57.5 Å². The van der Waals surface area contributed by atoms with E-state index in [1.165, 1.54) is 40.1 Å². The van der Waals surface area contributed by atoms with E-state index in [4.69, 9.17) is 9.47 Å². The molecule has 1 N–H and O–H groups in total. The van der Waals surface area contributed by atoms with Gasteiger partial charge in [0.1, 0.15) is 11.2 Å². The molecule has 2 aromatic rings. The molecule has 0 atom stereocenters. The number of benzene rings is 2. The fourth-order valence-corrected chi connectivity index (χ4v) is 3.89. The van der Waals surface area contributed by atoms with E-state index in [0.717, 1.165) is 12.1 Å². The summed E-state index contributed by atoms with van der Waals surface area (Å²) in [5.41, 5.74) is -1.40. The Morgan fingerprint density at radius 1 is 0.769 bits per heavy atom. The van der Waals surface area contributed by atoms with Crippen LogP contribution in [0.4, 0.5) is 28.4 Å². The van der Waals surface area contributed by atoms with Gasteiger partial charge in [0.25, 0.3) is 5.91 Å². The molecular formula is C28H34F3N3O5. The summed E-state index contributed by atoms with van der Waals surface area (Å²) < 4.78 is 50.6. The maximum atomic E-state index is 13.6. The average molecular weight is 550 g/mol. The fourth-order valence-electron chi connectivity index (χ4n) is 3.89. The molecule has 3 amide bonds. The maximum absolute atomic E-state index is 13.6.